The predicted octanol–water partition coefficient (Wildman–Crippen LogP) is 3.13. The molecule has 17 heavy (non-hydrogen) atoms. The molecule has 1 aliphatic carbocycles. The van der Waals surface area contributed by atoms with E-state index in [-0.39, 0.29) is 0 Å². The summed E-state index contributed by atoms with van der Waals surface area (Å²) in [6, 6.07) is 2.52. The van der Waals surface area contributed by atoms with Crippen LogP contribution in [0.4, 0.5) is 5.82 Å². The van der Waals surface area contributed by atoms with E-state index < -0.39 is 0 Å². The van der Waals surface area contributed by atoms with Crippen molar-refractivity contribution in [1.29, 1.82) is 0 Å². The molecule has 1 aromatic rings. The van der Waals surface area contributed by atoms with Crippen molar-refractivity contribution in [3.05, 3.63) is 22.3 Å². The highest BCUT2D eigenvalue weighted by atomic mass is 79.9. The number of nitrogens with one attached hydrogen (secondary N) is 1. The third-order valence-corrected chi connectivity index (χ3v) is 4.13. The number of nitrogens with zero attached hydrogens (tertiary/aromatic N) is 1. The van der Waals surface area contributed by atoms with Gasteiger partial charge in [-0.15, -0.1) is 0 Å². The molecule has 1 saturated heterocycles. The fraction of sp³-hybridized carbons (Fsp3) is 0.615. The minimum atomic E-state index is 0.394. The Hall–Kier alpha value is -0.610. The number of pyridine rings is 1. The van der Waals surface area contributed by atoms with Crippen LogP contribution in [0.25, 0.3) is 0 Å². The number of ether oxygens (including phenoxy) is 1. The van der Waals surface area contributed by atoms with Crippen molar-refractivity contribution < 1.29 is 4.74 Å². The Morgan fingerprint density at radius 1 is 1.41 bits per heavy atom. The number of aromatic nitrogens is 1. The average Bonchev–Trinajstić information content (AvgIpc) is 3.03. The maximum absolute atomic E-state index is 5.82. The summed E-state index contributed by atoms with van der Waals surface area (Å²) < 4.78 is 6.86. The second-order valence-electron chi connectivity index (χ2n) is 5.06. The van der Waals surface area contributed by atoms with Crippen LogP contribution < -0.4 is 5.32 Å². The molecule has 2 fully saturated rings. The highest BCUT2D eigenvalue weighted by Gasteiger charge is 2.40. The smallest absolute Gasteiger partial charge is 0.140 e. The van der Waals surface area contributed by atoms with Crippen LogP contribution in [-0.2, 0) is 4.74 Å². The SMILES string of the molecule is Cc1cnc(NC2CCOC2C2CC2)c(Br)c1. The molecule has 0 spiro atoms. The minimum Gasteiger partial charge on any atom is -0.376 e. The van der Waals surface area contributed by atoms with E-state index in [1.165, 1.54) is 18.4 Å². The zero-order valence-electron chi connectivity index (χ0n) is 9.95. The van der Waals surface area contributed by atoms with E-state index >= 15 is 0 Å². The summed E-state index contributed by atoms with van der Waals surface area (Å²) in [6.07, 6.45) is 6.03. The second-order valence-corrected chi connectivity index (χ2v) is 5.91. The van der Waals surface area contributed by atoms with Crippen molar-refractivity contribution in [3.63, 3.8) is 0 Å². The zero-order chi connectivity index (χ0) is 11.8. The Morgan fingerprint density at radius 2 is 2.24 bits per heavy atom. The molecular formula is C13H17BrN2O. The molecule has 1 aromatic heterocycles. The molecule has 0 aromatic carbocycles. The maximum Gasteiger partial charge on any atom is 0.140 e. The Labute approximate surface area is 110 Å². The highest BCUT2D eigenvalue weighted by Crippen LogP contribution is 2.39. The summed E-state index contributed by atoms with van der Waals surface area (Å²) in [5, 5.41) is 3.52. The lowest BCUT2D eigenvalue weighted by Gasteiger charge is -2.20. The van der Waals surface area contributed by atoms with Gasteiger partial charge in [-0.1, -0.05) is 0 Å². The van der Waals surface area contributed by atoms with Crippen LogP contribution >= 0.6 is 15.9 Å². The van der Waals surface area contributed by atoms with Crippen molar-refractivity contribution in [2.45, 2.75) is 38.3 Å². The Morgan fingerprint density at radius 3 is 2.94 bits per heavy atom. The first kappa shape index (κ1) is 11.5. The summed E-state index contributed by atoms with van der Waals surface area (Å²) in [5.41, 5.74) is 1.17. The van der Waals surface area contributed by atoms with Gasteiger partial charge in [0.2, 0.25) is 0 Å². The maximum atomic E-state index is 5.82. The number of aryl methyl sites for hydroxylation is 1. The third-order valence-electron chi connectivity index (χ3n) is 3.52. The highest BCUT2D eigenvalue weighted by molar-refractivity contribution is 9.10. The van der Waals surface area contributed by atoms with Crippen LogP contribution in [-0.4, -0.2) is 23.7 Å². The van der Waals surface area contributed by atoms with E-state index in [0.717, 1.165) is 29.2 Å². The molecule has 2 unspecified atom stereocenters. The van der Waals surface area contributed by atoms with Gasteiger partial charge in [-0.2, -0.15) is 0 Å². The average molecular weight is 297 g/mol. The first-order chi connectivity index (χ1) is 8.24. The van der Waals surface area contributed by atoms with Crippen molar-refractivity contribution in [2.24, 2.45) is 5.92 Å². The number of hydrogen-bond acceptors (Lipinski definition) is 3. The van der Waals surface area contributed by atoms with Gasteiger partial charge in [0, 0.05) is 12.8 Å². The molecule has 2 heterocycles. The predicted molar refractivity (Wildman–Crippen MR) is 71.2 cm³/mol. The van der Waals surface area contributed by atoms with Crippen molar-refractivity contribution >= 4 is 21.7 Å². The molecule has 1 saturated carbocycles. The van der Waals surface area contributed by atoms with Crippen molar-refractivity contribution in [2.75, 3.05) is 11.9 Å². The molecule has 0 bridgehead atoms. The molecule has 2 aliphatic rings. The number of rotatable bonds is 3. The lowest BCUT2D eigenvalue weighted by Crippen LogP contribution is -2.31. The number of anilines is 1. The molecule has 3 nitrogen and oxygen atoms in total. The summed E-state index contributed by atoms with van der Waals surface area (Å²) in [5.74, 6) is 1.72. The van der Waals surface area contributed by atoms with E-state index in [1.54, 1.807) is 0 Å². The topological polar surface area (TPSA) is 34.2 Å². The molecule has 4 heteroatoms. The summed E-state index contributed by atoms with van der Waals surface area (Å²) in [6.45, 7) is 2.93. The molecule has 1 aliphatic heterocycles. The van der Waals surface area contributed by atoms with E-state index in [4.69, 9.17) is 4.74 Å². The van der Waals surface area contributed by atoms with Gasteiger partial charge in [-0.3, -0.25) is 0 Å². The van der Waals surface area contributed by atoms with Crippen molar-refractivity contribution in [3.8, 4) is 0 Å². The Kier molecular flexibility index (Phi) is 3.09. The molecule has 3 rings (SSSR count). The van der Waals surface area contributed by atoms with Gasteiger partial charge in [0.05, 0.1) is 16.6 Å². The van der Waals surface area contributed by atoms with Gasteiger partial charge >= 0.3 is 0 Å². The fourth-order valence-corrected chi connectivity index (χ4v) is 3.05. The molecule has 0 amide bonds. The molecule has 2 atom stereocenters. The van der Waals surface area contributed by atoms with Crippen LogP contribution in [0.3, 0.4) is 0 Å². The lowest BCUT2D eigenvalue weighted by atomic mass is 10.1. The minimum absolute atomic E-state index is 0.394. The molecule has 92 valence electrons. The Bertz CT molecular complexity index is 420. The first-order valence-electron chi connectivity index (χ1n) is 6.24. The van der Waals surface area contributed by atoms with Gasteiger partial charge < -0.3 is 10.1 Å². The van der Waals surface area contributed by atoms with Crippen LogP contribution in [0, 0.1) is 12.8 Å². The fourth-order valence-electron chi connectivity index (χ4n) is 2.47. The quantitative estimate of drug-likeness (QED) is 0.930. The van der Waals surface area contributed by atoms with Gasteiger partial charge in [0.1, 0.15) is 5.82 Å². The van der Waals surface area contributed by atoms with Gasteiger partial charge in [0.15, 0.2) is 0 Å². The van der Waals surface area contributed by atoms with E-state index in [1.807, 2.05) is 13.1 Å². The van der Waals surface area contributed by atoms with Gasteiger partial charge in [-0.05, 0) is 59.7 Å². The second kappa shape index (κ2) is 4.58. The summed E-state index contributed by atoms with van der Waals surface area (Å²) in [7, 11) is 0. The van der Waals surface area contributed by atoms with Crippen LogP contribution in [0.2, 0.25) is 0 Å². The van der Waals surface area contributed by atoms with Gasteiger partial charge in [-0.25, -0.2) is 4.98 Å². The molecular weight excluding hydrogens is 280 g/mol. The number of halogens is 1. The third kappa shape index (κ3) is 2.47. The normalized spacial score (nSPS) is 28.4. The van der Waals surface area contributed by atoms with E-state index in [2.05, 4.69) is 32.3 Å². The first-order valence-corrected chi connectivity index (χ1v) is 7.03. The number of hydrogen-bond donors (Lipinski definition) is 1. The summed E-state index contributed by atoms with van der Waals surface area (Å²) in [4.78, 5) is 4.44. The summed E-state index contributed by atoms with van der Waals surface area (Å²) >= 11 is 3.56. The van der Waals surface area contributed by atoms with Crippen LogP contribution in [0.15, 0.2) is 16.7 Å². The van der Waals surface area contributed by atoms with E-state index in [9.17, 15) is 0 Å². The zero-order valence-corrected chi connectivity index (χ0v) is 11.5. The van der Waals surface area contributed by atoms with Crippen LogP contribution in [0.5, 0.6) is 0 Å². The molecule has 1 N–H and O–H groups in total. The molecule has 0 radical (unpaired) electrons. The van der Waals surface area contributed by atoms with E-state index in [0.29, 0.717) is 12.1 Å². The van der Waals surface area contributed by atoms with Gasteiger partial charge in [0.25, 0.3) is 0 Å². The van der Waals surface area contributed by atoms with Crippen molar-refractivity contribution in [1.82, 2.24) is 4.98 Å². The largest absolute Gasteiger partial charge is 0.376 e. The monoisotopic (exact) mass is 296 g/mol. The Balaban J connectivity index is 1.72. The standard InChI is InChI=1S/C13H17BrN2O/c1-8-6-10(14)13(15-7-8)16-11-4-5-17-12(11)9-2-3-9/h6-7,9,11-12H,2-5H2,1H3,(H,15,16). The lowest BCUT2D eigenvalue weighted by molar-refractivity contribution is 0.0898. The van der Waals surface area contributed by atoms with Crippen LogP contribution in [0.1, 0.15) is 24.8 Å².